The van der Waals surface area contributed by atoms with E-state index in [4.69, 9.17) is 0 Å². The summed E-state index contributed by atoms with van der Waals surface area (Å²) in [6.45, 7) is 4.43. The largest absolute Gasteiger partial charge is 0.0767 e. The van der Waals surface area contributed by atoms with Gasteiger partial charge in [0.15, 0.2) is 0 Å². The Labute approximate surface area is 74.0 Å². The molecule has 0 amide bonds. The fourth-order valence-corrected chi connectivity index (χ4v) is 1.80. The highest BCUT2D eigenvalue weighted by molar-refractivity contribution is 5.43. The molecule has 0 bridgehead atoms. The summed E-state index contributed by atoms with van der Waals surface area (Å²) in [5, 5.41) is 0. The van der Waals surface area contributed by atoms with Crippen molar-refractivity contribution in [2.24, 2.45) is 5.92 Å². The zero-order valence-corrected chi connectivity index (χ0v) is 7.67. The van der Waals surface area contributed by atoms with Crippen LogP contribution in [0.1, 0.15) is 20.3 Å². The highest BCUT2D eigenvalue weighted by Gasteiger charge is 2.16. The molecule has 0 heteroatoms. The number of hydrogen-bond donors (Lipinski definition) is 0. The molecular weight excluding hydrogens is 144 g/mol. The van der Waals surface area contributed by atoms with Crippen LogP contribution in [0.4, 0.5) is 0 Å². The summed E-state index contributed by atoms with van der Waals surface area (Å²) < 4.78 is 0. The van der Waals surface area contributed by atoms with Crippen molar-refractivity contribution in [2.45, 2.75) is 20.3 Å². The van der Waals surface area contributed by atoms with Crippen molar-refractivity contribution in [2.75, 3.05) is 0 Å². The molecule has 0 aliphatic heterocycles. The molecule has 0 heterocycles. The van der Waals surface area contributed by atoms with Crippen molar-refractivity contribution < 1.29 is 0 Å². The number of fused-ring (bicyclic) bond motifs is 1. The number of rotatable bonds is 0. The van der Waals surface area contributed by atoms with Crippen LogP contribution in [0.2, 0.25) is 0 Å². The Balaban J connectivity index is 2.38. The third kappa shape index (κ3) is 1.18. The van der Waals surface area contributed by atoms with E-state index < -0.39 is 0 Å². The van der Waals surface area contributed by atoms with Crippen LogP contribution in [0.15, 0.2) is 47.1 Å². The predicted molar refractivity (Wildman–Crippen MR) is 52.8 cm³/mol. The normalized spacial score (nSPS) is 27.2. The summed E-state index contributed by atoms with van der Waals surface area (Å²) >= 11 is 0. The lowest BCUT2D eigenvalue weighted by atomic mass is 9.82. The Bertz CT molecular complexity index is 311. The maximum Gasteiger partial charge on any atom is 0.00584 e. The Morgan fingerprint density at radius 2 is 2.08 bits per heavy atom. The van der Waals surface area contributed by atoms with Gasteiger partial charge in [-0.05, 0) is 25.8 Å². The molecule has 1 unspecified atom stereocenters. The molecule has 0 spiro atoms. The summed E-state index contributed by atoms with van der Waals surface area (Å²) in [6, 6.07) is 0. The van der Waals surface area contributed by atoms with Gasteiger partial charge in [-0.3, -0.25) is 0 Å². The van der Waals surface area contributed by atoms with Gasteiger partial charge in [0.25, 0.3) is 0 Å². The maximum absolute atomic E-state index is 2.31. The number of hydrogen-bond acceptors (Lipinski definition) is 0. The molecule has 0 radical (unpaired) electrons. The molecule has 0 N–H and O–H groups in total. The average Bonchev–Trinajstić information content (AvgIpc) is 2.07. The van der Waals surface area contributed by atoms with E-state index in [1.807, 2.05) is 0 Å². The van der Waals surface area contributed by atoms with Gasteiger partial charge in [0.1, 0.15) is 0 Å². The number of allylic oxidation sites excluding steroid dienone is 8. The topological polar surface area (TPSA) is 0 Å². The minimum atomic E-state index is 0.652. The molecule has 2 aliphatic rings. The molecule has 2 rings (SSSR count). The standard InChI is InChI=1S/C12H14/c1-9-7-11-5-3-4-6-12(11)8-10(9)2/h3-7,12H,8H2,1-2H3. The molecule has 0 saturated heterocycles. The van der Waals surface area contributed by atoms with Crippen molar-refractivity contribution in [3.63, 3.8) is 0 Å². The molecule has 62 valence electrons. The molecule has 0 nitrogen and oxygen atoms in total. The van der Waals surface area contributed by atoms with E-state index in [2.05, 4.69) is 44.2 Å². The first-order valence-electron chi connectivity index (χ1n) is 4.50. The van der Waals surface area contributed by atoms with Gasteiger partial charge in [-0.1, -0.05) is 41.5 Å². The molecule has 12 heavy (non-hydrogen) atoms. The molecule has 2 aliphatic carbocycles. The van der Waals surface area contributed by atoms with Gasteiger partial charge in [-0.15, -0.1) is 0 Å². The summed E-state index contributed by atoms with van der Waals surface area (Å²) in [5.74, 6) is 0.652. The fraction of sp³-hybridized carbons (Fsp3) is 0.333. The Kier molecular flexibility index (Phi) is 1.76. The molecule has 0 fully saturated rings. The van der Waals surface area contributed by atoms with E-state index in [1.165, 1.54) is 23.1 Å². The van der Waals surface area contributed by atoms with Crippen molar-refractivity contribution in [1.82, 2.24) is 0 Å². The van der Waals surface area contributed by atoms with E-state index >= 15 is 0 Å². The first kappa shape index (κ1) is 7.60. The third-order valence-corrected chi connectivity index (χ3v) is 2.75. The molecule has 0 aromatic rings. The molecule has 0 saturated carbocycles. The summed E-state index contributed by atoms with van der Waals surface area (Å²) in [7, 11) is 0. The highest BCUT2D eigenvalue weighted by Crippen LogP contribution is 2.32. The quantitative estimate of drug-likeness (QED) is 0.507. The molecule has 0 aromatic carbocycles. The van der Waals surface area contributed by atoms with Crippen molar-refractivity contribution >= 4 is 0 Å². The van der Waals surface area contributed by atoms with Crippen molar-refractivity contribution in [1.29, 1.82) is 0 Å². The van der Waals surface area contributed by atoms with Crippen molar-refractivity contribution in [3.05, 3.63) is 47.1 Å². The van der Waals surface area contributed by atoms with E-state index in [1.54, 1.807) is 0 Å². The molecule has 1 atom stereocenters. The third-order valence-electron chi connectivity index (χ3n) is 2.75. The zero-order valence-electron chi connectivity index (χ0n) is 7.67. The average molecular weight is 158 g/mol. The van der Waals surface area contributed by atoms with E-state index in [0.717, 1.165) is 0 Å². The van der Waals surface area contributed by atoms with Gasteiger partial charge in [0, 0.05) is 5.92 Å². The van der Waals surface area contributed by atoms with Gasteiger partial charge in [-0.2, -0.15) is 0 Å². The lowest BCUT2D eigenvalue weighted by Gasteiger charge is -2.23. The zero-order chi connectivity index (χ0) is 8.55. The van der Waals surface area contributed by atoms with E-state index in [9.17, 15) is 0 Å². The van der Waals surface area contributed by atoms with Gasteiger partial charge in [0.05, 0.1) is 0 Å². The molecular formula is C12H14. The summed E-state index contributed by atoms with van der Waals surface area (Å²) in [5.41, 5.74) is 4.45. The van der Waals surface area contributed by atoms with E-state index in [0.29, 0.717) is 5.92 Å². The van der Waals surface area contributed by atoms with Crippen LogP contribution in [0.25, 0.3) is 0 Å². The van der Waals surface area contributed by atoms with Crippen molar-refractivity contribution in [3.8, 4) is 0 Å². The Morgan fingerprint density at radius 3 is 2.92 bits per heavy atom. The first-order valence-corrected chi connectivity index (χ1v) is 4.50. The van der Waals surface area contributed by atoms with Crippen LogP contribution < -0.4 is 0 Å². The Morgan fingerprint density at radius 1 is 1.25 bits per heavy atom. The first-order chi connectivity index (χ1) is 5.77. The van der Waals surface area contributed by atoms with Gasteiger partial charge in [-0.25, -0.2) is 0 Å². The predicted octanol–water partition coefficient (Wildman–Crippen LogP) is 3.40. The van der Waals surface area contributed by atoms with Crippen LogP contribution in [0, 0.1) is 5.92 Å². The highest BCUT2D eigenvalue weighted by atomic mass is 14.2. The van der Waals surface area contributed by atoms with Crippen LogP contribution in [0.3, 0.4) is 0 Å². The second-order valence-corrected chi connectivity index (χ2v) is 3.66. The Hall–Kier alpha value is -1.04. The minimum absolute atomic E-state index is 0.652. The van der Waals surface area contributed by atoms with Gasteiger partial charge in [0.2, 0.25) is 0 Å². The fourth-order valence-electron chi connectivity index (χ4n) is 1.80. The van der Waals surface area contributed by atoms with Crippen LogP contribution in [-0.4, -0.2) is 0 Å². The second-order valence-electron chi connectivity index (χ2n) is 3.66. The van der Waals surface area contributed by atoms with Gasteiger partial charge < -0.3 is 0 Å². The maximum atomic E-state index is 2.31. The lowest BCUT2D eigenvalue weighted by molar-refractivity contribution is 0.736. The molecule has 0 aromatic heterocycles. The van der Waals surface area contributed by atoms with Crippen LogP contribution >= 0.6 is 0 Å². The summed E-state index contributed by atoms with van der Waals surface area (Å²) in [6.07, 6.45) is 12.3. The van der Waals surface area contributed by atoms with Gasteiger partial charge >= 0.3 is 0 Å². The minimum Gasteiger partial charge on any atom is -0.0767 e. The monoisotopic (exact) mass is 158 g/mol. The van der Waals surface area contributed by atoms with Crippen LogP contribution in [0.5, 0.6) is 0 Å². The second kappa shape index (κ2) is 2.78. The lowest BCUT2D eigenvalue weighted by Crippen LogP contribution is -2.07. The summed E-state index contributed by atoms with van der Waals surface area (Å²) in [4.78, 5) is 0. The van der Waals surface area contributed by atoms with Crippen LogP contribution in [-0.2, 0) is 0 Å². The van der Waals surface area contributed by atoms with E-state index in [-0.39, 0.29) is 0 Å². The SMILES string of the molecule is CC1=C(C)CC2C=CC=CC2=C1. The smallest absolute Gasteiger partial charge is 0.00584 e.